The highest BCUT2D eigenvalue weighted by Gasteiger charge is 2.20. The van der Waals surface area contributed by atoms with Crippen molar-refractivity contribution in [1.82, 2.24) is 4.98 Å². The molecule has 27 heavy (non-hydrogen) atoms. The zero-order chi connectivity index (χ0) is 19.4. The van der Waals surface area contributed by atoms with Crippen molar-refractivity contribution in [3.8, 4) is 11.8 Å². The summed E-state index contributed by atoms with van der Waals surface area (Å²) < 4.78 is 5.24. The Hall–Kier alpha value is -3.85. The van der Waals surface area contributed by atoms with E-state index in [9.17, 15) is 14.9 Å². The molecule has 2 aromatic carbocycles. The van der Waals surface area contributed by atoms with E-state index in [1.165, 1.54) is 6.08 Å². The summed E-state index contributed by atoms with van der Waals surface area (Å²) in [6.07, 6.45) is 1.42. The first kappa shape index (κ1) is 18.0. The van der Waals surface area contributed by atoms with E-state index in [0.29, 0.717) is 16.8 Å². The number of nitrogens with one attached hydrogen (secondary N) is 1. The second-order valence-electron chi connectivity index (χ2n) is 5.89. The molecule has 0 spiro atoms. The number of rotatable bonds is 6. The van der Waals surface area contributed by atoms with Gasteiger partial charge in [0, 0.05) is 22.2 Å². The van der Waals surface area contributed by atoms with Gasteiger partial charge in [0.15, 0.2) is 6.61 Å². The Kier molecular flexibility index (Phi) is 5.04. The molecule has 0 saturated carbocycles. The first-order valence-electron chi connectivity index (χ1n) is 8.18. The molecule has 0 aliphatic carbocycles. The number of aliphatic carboxylic acids is 1. The van der Waals surface area contributed by atoms with Gasteiger partial charge >= 0.3 is 5.97 Å². The third-order valence-corrected chi connectivity index (χ3v) is 4.06. The van der Waals surface area contributed by atoms with Gasteiger partial charge in [-0.15, -0.1) is 0 Å². The lowest BCUT2D eigenvalue weighted by atomic mass is 9.99. The minimum atomic E-state index is -1.11. The number of aromatic amines is 1. The maximum atomic E-state index is 13.0. The summed E-state index contributed by atoms with van der Waals surface area (Å²) in [6, 6.07) is 16.0. The molecule has 3 rings (SSSR count). The summed E-state index contributed by atoms with van der Waals surface area (Å²) >= 11 is 0. The van der Waals surface area contributed by atoms with Gasteiger partial charge in [-0.1, -0.05) is 36.4 Å². The molecule has 0 aliphatic heterocycles. The van der Waals surface area contributed by atoms with Crippen LogP contribution >= 0.6 is 0 Å². The number of ether oxygens (including phenoxy) is 1. The molecule has 0 aliphatic rings. The summed E-state index contributed by atoms with van der Waals surface area (Å²) in [7, 11) is 0. The molecule has 0 bridgehead atoms. The van der Waals surface area contributed by atoms with Gasteiger partial charge in [-0.3, -0.25) is 4.79 Å². The van der Waals surface area contributed by atoms with Gasteiger partial charge in [0.05, 0.1) is 5.56 Å². The topological polar surface area (TPSA) is 103 Å². The fourth-order valence-electron chi connectivity index (χ4n) is 2.88. The number of carboxylic acids is 1. The largest absolute Gasteiger partial charge is 0.481 e. The lowest BCUT2D eigenvalue weighted by Gasteiger charge is -2.07. The summed E-state index contributed by atoms with van der Waals surface area (Å²) in [5.74, 6) is -1.23. The van der Waals surface area contributed by atoms with Crippen molar-refractivity contribution in [2.45, 2.75) is 6.92 Å². The van der Waals surface area contributed by atoms with Crippen molar-refractivity contribution in [3.05, 3.63) is 70.9 Å². The SMILES string of the molecule is Cc1[nH]c2ccccc2c1C(=O)/C(C#N)=C/c1ccccc1OCC(=O)O. The Labute approximate surface area is 155 Å². The van der Waals surface area contributed by atoms with Gasteiger partial charge in [-0.25, -0.2) is 4.79 Å². The Morgan fingerprint density at radius 1 is 1.19 bits per heavy atom. The zero-order valence-corrected chi connectivity index (χ0v) is 14.5. The fraction of sp³-hybridized carbons (Fsp3) is 0.0952. The van der Waals surface area contributed by atoms with E-state index in [0.717, 1.165) is 10.9 Å². The number of H-pyrrole nitrogens is 1. The molecule has 2 N–H and O–H groups in total. The Morgan fingerprint density at radius 3 is 2.63 bits per heavy atom. The second-order valence-corrected chi connectivity index (χ2v) is 5.89. The van der Waals surface area contributed by atoms with Gasteiger partial charge in [0.1, 0.15) is 17.4 Å². The summed E-state index contributed by atoms with van der Waals surface area (Å²) in [4.78, 5) is 26.9. The van der Waals surface area contributed by atoms with Crippen LogP contribution in [0.5, 0.6) is 5.75 Å². The number of carbonyl (C=O) groups is 2. The first-order valence-corrected chi connectivity index (χ1v) is 8.18. The number of fused-ring (bicyclic) bond motifs is 1. The van der Waals surface area contributed by atoms with Gasteiger partial charge in [0.2, 0.25) is 5.78 Å². The predicted octanol–water partition coefficient (Wildman–Crippen LogP) is 3.73. The molecule has 3 aromatic rings. The molecule has 134 valence electrons. The van der Waals surface area contributed by atoms with Crippen molar-refractivity contribution < 1.29 is 19.4 Å². The van der Waals surface area contributed by atoms with E-state index < -0.39 is 18.4 Å². The maximum Gasteiger partial charge on any atom is 0.341 e. The average Bonchev–Trinajstić information content (AvgIpc) is 3.00. The van der Waals surface area contributed by atoms with Crippen molar-refractivity contribution in [2.24, 2.45) is 0 Å². The normalized spacial score (nSPS) is 11.2. The number of Topliss-reactive ketones (excluding diaryl/α,β-unsaturated/α-hetero) is 1. The highest BCUT2D eigenvalue weighted by molar-refractivity contribution is 6.20. The van der Waals surface area contributed by atoms with Crippen LogP contribution in [0.4, 0.5) is 0 Å². The van der Waals surface area contributed by atoms with E-state index in [4.69, 9.17) is 9.84 Å². The third kappa shape index (κ3) is 3.72. The summed E-state index contributed by atoms with van der Waals surface area (Å²) in [5, 5.41) is 19.1. The highest BCUT2D eigenvalue weighted by Crippen LogP contribution is 2.27. The molecule has 0 radical (unpaired) electrons. The van der Waals surface area contributed by atoms with Crippen LogP contribution < -0.4 is 4.74 Å². The monoisotopic (exact) mass is 360 g/mol. The molecule has 1 aromatic heterocycles. The number of aryl methyl sites for hydroxylation is 1. The van der Waals surface area contributed by atoms with Crippen LogP contribution in [-0.2, 0) is 4.79 Å². The third-order valence-electron chi connectivity index (χ3n) is 4.06. The van der Waals surface area contributed by atoms with E-state index in [-0.39, 0.29) is 11.3 Å². The van der Waals surface area contributed by atoms with Crippen molar-refractivity contribution >= 4 is 28.7 Å². The molecule has 0 amide bonds. The van der Waals surface area contributed by atoms with Gasteiger partial charge in [0.25, 0.3) is 0 Å². The zero-order valence-electron chi connectivity index (χ0n) is 14.5. The van der Waals surface area contributed by atoms with Crippen LogP contribution in [0.2, 0.25) is 0 Å². The number of hydrogen-bond acceptors (Lipinski definition) is 4. The standard InChI is InChI=1S/C21H16N2O4/c1-13-20(16-7-3-4-8-17(16)23-13)21(26)15(11-22)10-14-6-2-5-9-18(14)27-12-19(24)25/h2-10,23H,12H2,1H3,(H,24,25)/b15-10+. The number of benzene rings is 2. The number of carboxylic acid groups (broad SMARTS) is 1. The minimum Gasteiger partial charge on any atom is -0.481 e. The van der Waals surface area contributed by atoms with Crippen LogP contribution in [0.1, 0.15) is 21.6 Å². The average molecular weight is 360 g/mol. The molecule has 0 unspecified atom stereocenters. The van der Waals surface area contributed by atoms with Crippen LogP contribution in [0.15, 0.2) is 54.1 Å². The number of nitriles is 1. The van der Waals surface area contributed by atoms with Gasteiger partial charge in [-0.05, 0) is 25.1 Å². The Bertz CT molecular complexity index is 1100. The molecule has 6 heteroatoms. The Morgan fingerprint density at radius 2 is 1.89 bits per heavy atom. The number of nitrogens with zero attached hydrogens (tertiary/aromatic N) is 1. The molecular weight excluding hydrogens is 344 g/mol. The fourth-order valence-corrected chi connectivity index (χ4v) is 2.88. The van der Waals surface area contributed by atoms with E-state index in [1.807, 2.05) is 30.3 Å². The summed E-state index contributed by atoms with van der Waals surface area (Å²) in [6.45, 7) is 1.27. The number of allylic oxidation sites excluding steroid dienone is 1. The molecule has 0 atom stereocenters. The van der Waals surface area contributed by atoms with E-state index in [2.05, 4.69) is 4.98 Å². The lowest BCUT2D eigenvalue weighted by Crippen LogP contribution is -2.10. The quantitative estimate of drug-likeness (QED) is 0.396. The summed E-state index contributed by atoms with van der Waals surface area (Å²) in [5.41, 5.74) is 2.34. The number of para-hydroxylation sites is 2. The molecule has 1 heterocycles. The maximum absolute atomic E-state index is 13.0. The molecular formula is C21H16N2O4. The number of aromatic nitrogens is 1. The van der Waals surface area contributed by atoms with Crippen LogP contribution in [0.25, 0.3) is 17.0 Å². The highest BCUT2D eigenvalue weighted by atomic mass is 16.5. The van der Waals surface area contributed by atoms with Crippen molar-refractivity contribution in [2.75, 3.05) is 6.61 Å². The molecule has 6 nitrogen and oxygen atoms in total. The number of ketones is 1. The predicted molar refractivity (Wildman–Crippen MR) is 101 cm³/mol. The number of hydrogen-bond donors (Lipinski definition) is 2. The minimum absolute atomic E-state index is 0.0609. The van der Waals surface area contributed by atoms with Crippen LogP contribution in [-0.4, -0.2) is 28.4 Å². The van der Waals surface area contributed by atoms with E-state index in [1.54, 1.807) is 31.2 Å². The molecule has 0 saturated heterocycles. The molecule has 0 fully saturated rings. The van der Waals surface area contributed by atoms with Crippen molar-refractivity contribution in [3.63, 3.8) is 0 Å². The van der Waals surface area contributed by atoms with Crippen molar-refractivity contribution in [1.29, 1.82) is 5.26 Å². The number of carbonyl (C=O) groups excluding carboxylic acids is 1. The Balaban J connectivity index is 2.03. The van der Waals surface area contributed by atoms with E-state index >= 15 is 0 Å². The lowest BCUT2D eigenvalue weighted by molar-refractivity contribution is -0.139. The van der Waals surface area contributed by atoms with Crippen LogP contribution in [0, 0.1) is 18.3 Å². The van der Waals surface area contributed by atoms with Gasteiger partial charge in [-0.2, -0.15) is 5.26 Å². The van der Waals surface area contributed by atoms with Crippen LogP contribution in [0.3, 0.4) is 0 Å². The smallest absolute Gasteiger partial charge is 0.341 e. The van der Waals surface area contributed by atoms with Gasteiger partial charge < -0.3 is 14.8 Å². The first-order chi connectivity index (χ1) is 13.0. The second kappa shape index (κ2) is 7.58.